The van der Waals surface area contributed by atoms with Crippen molar-refractivity contribution in [1.29, 1.82) is 0 Å². The maximum absolute atomic E-state index is 14.4. The fourth-order valence-electron chi connectivity index (χ4n) is 6.54. The summed E-state index contributed by atoms with van der Waals surface area (Å²) in [4.78, 5) is 23.7. The lowest BCUT2D eigenvalue weighted by atomic mass is 9.98. The van der Waals surface area contributed by atoms with Crippen LogP contribution in [0.4, 0.5) is 8.78 Å². The van der Waals surface area contributed by atoms with E-state index in [9.17, 15) is 13.6 Å². The Bertz CT molecular complexity index is 1650. The maximum atomic E-state index is 14.4. The van der Waals surface area contributed by atoms with E-state index < -0.39 is 11.6 Å². The minimum atomic E-state index is -0.597. The molecule has 1 atom stereocenters. The maximum Gasteiger partial charge on any atom is 0.254 e. The molecule has 42 heavy (non-hydrogen) atoms. The number of pyridine rings is 1. The summed E-state index contributed by atoms with van der Waals surface area (Å²) in [7, 11) is 0. The van der Waals surface area contributed by atoms with E-state index in [-0.39, 0.29) is 18.7 Å². The molecule has 0 unspecified atom stereocenters. The first kappa shape index (κ1) is 26.8. The number of carbonyl (C=O) groups excluding carboxylic acids is 1. The summed E-state index contributed by atoms with van der Waals surface area (Å²) in [5, 5.41) is 0.790. The quantitative estimate of drug-likeness (QED) is 0.258. The summed E-state index contributed by atoms with van der Waals surface area (Å²) < 4.78 is 38.9. The van der Waals surface area contributed by atoms with E-state index in [0.717, 1.165) is 72.9 Å². The number of hydrogen-bond acceptors (Lipinski definition) is 5. The number of carbonyl (C=O) groups is 1. The van der Waals surface area contributed by atoms with Gasteiger partial charge in [-0.1, -0.05) is 18.2 Å². The van der Waals surface area contributed by atoms with Gasteiger partial charge >= 0.3 is 0 Å². The number of hydrogen-bond donors (Lipinski definition) is 0. The highest BCUT2D eigenvalue weighted by Crippen LogP contribution is 2.37. The first-order chi connectivity index (χ1) is 20.5. The molecule has 8 heteroatoms. The fourth-order valence-corrected chi connectivity index (χ4v) is 6.54. The second-order valence-electron chi connectivity index (χ2n) is 11.5. The van der Waals surface area contributed by atoms with Crippen molar-refractivity contribution in [3.05, 3.63) is 89.1 Å². The highest BCUT2D eigenvalue weighted by atomic mass is 19.1. The Morgan fingerprint density at radius 1 is 0.857 bits per heavy atom. The highest BCUT2D eigenvalue weighted by molar-refractivity contribution is 6.07. The van der Waals surface area contributed by atoms with Gasteiger partial charge in [0.05, 0.1) is 11.1 Å². The molecule has 216 valence electrons. The average molecular weight is 570 g/mol. The summed E-state index contributed by atoms with van der Waals surface area (Å²) in [5.41, 5.74) is 4.38. The predicted octanol–water partition coefficient (Wildman–Crippen LogP) is 6.39. The molecule has 3 aromatic carbocycles. The minimum absolute atomic E-state index is 0.0150. The fraction of sp³-hybridized carbons (Fsp3) is 0.353. The number of fused-ring (bicyclic) bond motifs is 2. The first-order valence-corrected chi connectivity index (χ1v) is 14.8. The van der Waals surface area contributed by atoms with Crippen molar-refractivity contribution in [2.75, 3.05) is 33.0 Å². The molecule has 1 amide bonds. The first-order valence-electron chi connectivity index (χ1n) is 14.8. The van der Waals surface area contributed by atoms with E-state index in [4.69, 9.17) is 14.5 Å². The van der Waals surface area contributed by atoms with Crippen LogP contribution in [0, 0.1) is 11.6 Å². The second kappa shape index (κ2) is 11.3. The van der Waals surface area contributed by atoms with Crippen molar-refractivity contribution in [1.82, 2.24) is 14.8 Å². The van der Waals surface area contributed by atoms with E-state index in [1.807, 2.05) is 47.4 Å². The number of ether oxygens (including phenoxy) is 2. The van der Waals surface area contributed by atoms with E-state index in [0.29, 0.717) is 35.4 Å². The normalized spacial score (nSPS) is 18.3. The van der Waals surface area contributed by atoms with Crippen LogP contribution in [0.5, 0.6) is 11.5 Å². The number of aryl methyl sites for hydroxylation is 2. The van der Waals surface area contributed by atoms with Gasteiger partial charge in [0.2, 0.25) is 6.79 Å². The van der Waals surface area contributed by atoms with Gasteiger partial charge in [0.1, 0.15) is 11.6 Å². The molecule has 0 spiro atoms. The molecular formula is C34H33F2N3O3. The van der Waals surface area contributed by atoms with E-state index >= 15 is 0 Å². The molecule has 2 saturated heterocycles. The minimum Gasteiger partial charge on any atom is -0.454 e. The van der Waals surface area contributed by atoms with Gasteiger partial charge in [-0.05, 0) is 105 Å². The number of halogens is 2. The van der Waals surface area contributed by atoms with E-state index in [2.05, 4.69) is 4.90 Å². The van der Waals surface area contributed by atoms with Crippen molar-refractivity contribution in [2.45, 2.75) is 44.6 Å². The molecule has 4 aromatic rings. The van der Waals surface area contributed by atoms with Crippen molar-refractivity contribution in [3.63, 3.8) is 0 Å². The molecule has 3 aliphatic rings. The third-order valence-electron chi connectivity index (χ3n) is 8.77. The Kier molecular flexibility index (Phi) is 7.24. The van der Waals surface area contributed by atoms with Gasteiger partial charge in [-0.3, -0.25) is 9.78 Å². The molecule has 4 heterocycles. The van der Waals surface area contributed by atoms with Crippen LogP contribution < -0.4 is 9.47 Å². The van der Waals surface area contributed by atoms with Crippen LogP contribution >= 0.6 is 0 Å². The third-order valence-corrected chi connectivity index (χ3v) is 8.77. The zero-order valence-corrected chi connectivity index (χ0v) is 23.5. The summed E-state index contributed by atoms with van der Waals surface area (Å²) in [6.07, 6.45) is 5.22. The number of likely N-dealkylation sites (tertiary alicyclic amines) is 2. The van der Waals surface area contributed by atoms with E-state index in [1.165, 1.54) is 25.0 Å². The van der Waals surface area contributed by atoms with E-state index in [1.54, 1.807) is 0 Å². The molecule has 7 rings (SSSR count). The lowest BCUT2D eigenvalue weighted by Gasteiger charge is -2.29. The molecule has 0 aliphatic carbocycles. The Labute approximate surface area is 243 Å². The smallest absolute Gasteiger partial charge is 0.254 e. The van der Waals surface area contributed by atoms with Crippen molar-refractivity contribution < 1.29 is 23.0 Å². The Balaban J connectivity index is 1.25. The van der Waals surface area contributed by atoms with Crippen molar-refractivity contribution in [2.24, 2.45) is 0 Å². The van der Waals surface area contributed by atoms with Gasteiger partial charge in [0.15, 0.2) is 11.5 Å². The average Bonchev–Trinajstić information content (AvgIpc) is 3.78. The molecule has 1 aromatic heterocycles. The number of rotatable bonds is 7. The molecule has 0 radical (unpaired) electrons. The third kappa shape index (κ3) is 5.31. The van der Waals surface area contributed by atoms with Gasteiger partial charge in [0, 0.05) is 36.3 Å². The van der Waals surface area contributed by atoms with Gasteiger partial charge in [-0.15, -0.1) is 0 Å². The predicted molar refractivity (Wildman–Crippen MR) is 157 cm³/mol. The zero-order valence-electron chi connectivity index (χ0n) is 23.5. The summed E-state index contributed by atoms with van der Waals surface area (Å²) in [6.45, 7) is 4.05. The summed E-state index contributed by atoms with van der Waals surface area (Å²) in [6, 6.07) is 17.5. The number of amides is 1. The van der Waals surface area contributed by atoms with Crippen LogP contribution in [0.15, 0.2) is 60.7 Å². The van der Waals surface area contributed by atoms with Crippen molar-refractivity contribution in [3.8, 4) is 22.6 Å². The molecule has 3 aliphatic heterocycles. The number of aromatic nitrogens is 1. The van der Waals surface area contributed by atoms with Crippen LogP contribution in [-0.4, -0.2) is 59.7 Å². The lowest BCUT2D eigenvalue weighted by Crippen LogP contribution is -2.42. The van der Waals surface area contributed by atoms with Crippen LogP contribution in [0.25, 0.3) is 22.0 Å². The molecule has 0 saturated carbocycles. The lowest BCUT2D eigenvalue weighted by molar-refractivity contribution is 0.0710. The van der Waals surface area contributed by atoms with Gasteiger partial charge in [0.25, 0.3) is 5.91 Å². The van der Waals surface area contributed by atoms with Crippen LogP contribution in [-0.2, 0) is 12.8 Å². The monoisotopic (exact) mass is 569 g/mol. The number of benzene rings is 3. The van der Waals surface area contributed by atoms with Gasteiger partial charge in [-0.25, -0.2) is 8.78 Å². The molecule has 0 N–H and O–H groups in total. The molecule has 6 nitrogen and oxygen atoms in total. The SMILES string of the molecule is O=C(c1cc(CCc2ccc(F)cc2F)nc2ccc(-c3ccc4c(c3)OCO4)cc12)N1CCC[C@H]1CN1CCCC1. The summed E-state index contributed by atoms with van der Waals surface area (Å²) >= 11 is 0. The van der Waals surface area contributed by atoms with Crippen LogP contribution in [0.1, 0.15) is 47.3 Å². The Morgan fingerprint density at radius 3 is 2.52 bits per heavy atom. The molecule has 0 bridgehead atoms. The second-order valence-corrected chi connectivity index (χ2v) is 11.5. The number of nitrogens with zero attached hydrogens (tertiary/aromatic N) is 3. The largest absolute Gasteiger partial charge is 0.454 e. The van der Waals surface area contributed by atoms with Gasteiger partial charge < -0.3 is 19.3 Å². The zero-order chi connectivity index (χ0) is 28.6. The Hall–Kier alpha value is -4.04. The molecular weight excluding hydrogens is 536 g/mol. The van der Waals surface area contributed by atoms with Crippen molar-refractivity contribution >= 4 is 16.8 Å². The highest BCUT2D eigenvalue weighted by Gasteiger charge is 2.32. The van der Waals surface area contributed by atoms with Crippen LogP contribution in [0.2, 0.25) is 0 Å². The van der Waals surface area contributed by atoms with Gasteiger partial charge in [-0.2, -0.15) is 0 Å². The standard InChI is InChI=1S/C34H33F2N3O3/c35-25-9-5-22(30(36)18-25)6-10-26-19-29(34(40)39-15-3-4-27(39)20-38-13-1-2-14-38)28-16-23(7-11-31(28)37-26)24-8-12-32-33(17-24)42-21-41-32/h5,7-9,11-12,16-19,27H,1-4,6,10,13-15,20-21H2/t27-/m0/s1. The topological polar surface area (TPSA) is 54.9 Å². The Morgan fingerprint density at radius 2 is 1.67 bits per heavy atom. The molecule has 2 fully saturated rings. The van der Waals surface area contributed by atoms with Crippen LogP contribution in [0.3, 0.4) is 0 Å². The summed E-state index contributed by atoms with van der Waals surface area (Å²) in [5.74, 6) is 0.272.